The van der Waals surface area contributed by atoms with Crippen molar-refractivity contribution in [3.63, 3.8) is 0 Å². The molecule has 0 aromatic rings. The summed E-state index contributed by atoms with van der Waals surface area (Å²) in [6, 6.07) is 0. The van der Waals surface area contributed by atoms with E-state index in [0.29, 0.717) is 12.5 Å². The maximum absolute atomic E-state index is 9.97. The van der Waals surface area contributed by atoms with Gasteiger partial charge in [-0.2, -0.15) is 0 Å². The summed E-state index contributed by atoms with van der Waals surface area (Å²) in [5.74, 6) is 0.499. The molecule has 0 radical (unpaired) electrons. The predicted molar refractivity (Wildman–Crippen MR) is 48.3 cm³/mol. The molecule has 0 fully saturated rings. The van der Waals surface area contributed by atoms with E-state index in [1.54, 1.807) is 0 Å². The van der Waals surface area contributed by atoms with E-state index in [2.05, 4.69) is 13.8 Å². The quantitative estimate of drug-likeness (QED) is 0.651. The third-order valence-corrected chi connectivity index (χ3v) is 2.96. The minimum Gasteiger partial charge on any atom is -0.390 e. The lowest BCUT2D eigenvalue weighted by Crippen LogP contribution is -2.42. The maximum atomic E-state index is 9.97. The van der Waals surface area contributed by atoms with Gasteiger partial charge in [0.25, 0.3) is 0 Å². The van der Waals surface area contributed by atoms with Crippen LogP contribution >= 0.6 is 0 Å². The van der Waals surface area contributed by atoms with E-state index in [4.69, 9.17) is 5.73 Å². The third kappa shape index (κ3) is 2.46. The molecule has 0 saturated carbocycles. The van der Waals surface area contributed by atoms with Gasteiger partial charge in [0.2, 0.25) is 0 Å². The first kappa shape index (κ1) is 10.9. The molecule has 0 heterocycles. The van der Waals surface area contributed by atoms with Crippen molar-refractivity contribution in [2.45, 2.75) is 39.7 Å². The molecular formula is C9H21NO. The Kier molecular flexibility index (Phi) is 4.04. The van der Waals surface area contributed by atoms with E-state index in [-0.39, 0.29) is 5.92 Å². The van der Waals surface area contributed by atoms with Gasteiger partial charge in [-0.3, -0.25) is 0 Å². The lowest BCUT2D eigenvalue weighted by atomic mass is 9.79. The van der Waals surface area contributed by atoms with Gasteiger partial charge in [-0.1, -0.05) is 27.2 Å². The molecule has 0 rings (SSSR count). The fourth-order valence-corrected chi connectivity index (χ4v) is 1.14. The van der Waals surface area contributed by atoms with Crippen LogP contribution in [0.25, 0.3) is 0 Å². The molecule has 0 aliphatic carbocycles. The van der Waals surface area contributed by atoms with Crippen LogP contribution < -0.4 is 5.73 Å². The number of hydrogen-bond donors (Lipinski definition) is 2. The number of aliphatic hydroxyl groups is 1. The zero-order valence-corrected chi connectivity index (χ0v) is 8.09. The average molecular weight is 159 g/mol. The molecule has 3 N–H and O–H groups in total. The largest absolute Gasteiger partial charge is 0.390 e. The minimum atomic E-state index is -0.608. The molecule has 0 saturated heterocycles. The predicted octanol–water partition coefficient (Wildman–Crippen LogP) is 1.38. The van der Waals surface area contributed by atoms with Crippen molar-refractivity contribution >= 4 is 0 Å². The van der Waals surface area contributed by atoms with E-state index < -0.39 is 5.60 Å². The molecule has 11 heavy (non-hydrogen) atoms. The van der Waals surface area contributed by atoms with Crippen molar-refractivity contribution in [3.8, 4) is 0 Å². The molecule has 3 unspecified atom stereocenters. The average Bonchev–Trinajstić information content (AvgIpc) is 2.01. The highest BCUT2D eigenvalue weighted by molar-refractivity contribution is 4.84. The highest BCUT2D eigenvalue weighted by Gasteiger charge is 2.32. The molecule has 0 aromatic heterocycles. The van der Waals surface area contributed by atoms with Gasteiger partial charge in [-0.15, -0.1) is 0 Å². The Morgan fingerprint density at radius 1 is 1.36 bits per heavy atom. The first-order valence-corrected chi connectivity index (χ1v) is 4.39. The third-order valence-electron chi connectivity index (χ3n) is 2.96. The number of rotatable bonds is 4. The summed E-state index contributed by atoms with van der Waals surface area (Å²) in [4.78, 5) is 0. The summed E-state index contributed by atoms with van der Waals surface area (Å²) in [5.41, 5.74) is 4.88. The van der Waals surface area contributed by atoms with E-state index in [9.17, 15) is 5.11 Å². The standard InChI is InChI=1S/C9H21NO/c1-5-7(2)9(4,11)8(3)6-10/h7-8,11H,5-6,10H2,1-4H3. The fraction of sp³-hybridized carbons (Fsp3) is 1.00. The van der Waals surface area contributed by atoms with Gasteiger partial charge in [0.1, 0.15) is 0 Å². The summed E-state index contributed by atoms with van der Waals surface area (Å²) >= 11 is 0. The molecule has 0 bridgehead atoms. The Morgan fingerprint density at radius 2 is 1.82 bits per heavy atom. The zero-order chi connectivity index (χ0) is 9.07. The molecule has 0 aromatic carbocycles. The number of nitrogens with two attached hydrogens (primary N) is 1. The Labute approximate surface area is 69.8 Å². The fourth-order valence-electron chi connectivity index (χ4n) is 1.14. The normalized spacial score (nSPS) is 22.4. The van der Waals surface area contributed by atoms with Crippen molar-refractivity contribution in [1.82, 2.24) is 0 Å². The molecule has 3 atom stereocenters. The molecule has 0 aliphatic heterocycles. The first-order valence-electron chi connectivity index (χ1n) is 4.39. The van der Waals surface area contributed by atoms with Gasteiger partial charge in [0.05, 0.1) is 5.60 Å². The van der Waals surface area contributed by atoms with Crippen LogP contribution in [0.3, 0.4) is 0 Å². The van der Waals surface area contributed by atoms with Crippen LogP contribution in [0.5, 0.6) is 0 Å². The van der Waals surface area contributed by atoms with Crippen LogP contribution in [-0.2, 0) is 0 Å². The Balaban J connectivity index is 4.18. The molecule has 2 heteroatoms. The SMILES string of the molecule is CCC(C)C(C)(O)C(C)CN. The van der Waals surface area contributed by atoms with Gasteiger partial charge in [-0.05, 0) is 25.3 Å². The minimum absolute atomic E-state index is 0.178. The second kappa shape index (κ2) is 4.07. The molecule has 0 spiro atoms. The first-order chi connectivity index (χ1) is 4.96. The molecule has 0 aliphatic rings. The van der Waals surface area contributed by atoms with Crippen LogP contribution in [0, 0.1) is 11.8 Å². The van der Waals surface area contributed by atoms with Crippen molar-refractivity contribution in [2.24, 2.45) is 17.6 Å². The summed E-state index contributed by atoms with van der Waals surface area (Å²) in [5, 5.41) is 9.97. The van der Waals surface area contributed by atoms with Gasteiger partial charge < -0.3 is 10.8 Å². The van der Waals surface area contributed by atoms with E-state index >= 15 is 0 Å². The van der Waals surface area contributed by atoms with Gasteiger partial charge in [-0.25, -0.2) is 0 Å². The lowest BCUT2D eigenvalue weighted by molar-refractivity contribution is -0.0397. The molecule has 0 amide bonds. The highest BCUT2D eigenvalue weighted by Crippen LogP contribution is 2.27. The summed E-state index contributed by atoms with van der Waals surface area (Å²) in [6.07, 6.45) is 0.997. The van der Waals surface area contributed by atoms with Crippen LogP contribution in [0.1, 0.15) is 34.1 Å². The Morgan fingerprint density at radius 3 is 2.09 bits per heavy atom. The van der Waals surface area contributed by atoms with Gasteiger partial charge in [0.15, 0.2) is 0 Å². The molecular weight excluding hydrogens is 138 g/mol. The summed E-state index contributed by atoms with van der Waals surface area (Å²) in [6.45, 7) is 8.57. The van der Waals surface area contributed by atoms with Crippen molar-refractivity contribution in [1.29, 1.82) is 0 Å². The number of hydrogen-bond acceptors (Lipinski definition) is 2. The monoisotopic (exact) mass is 159 g/mol. The van der Waals surface area contributed by atoms with Crippen molar-refractivity contribution < 1.29 is 5.11 Å². The molecule has 2 nitrogen and oxygen atoms in total. The second-order valence-electron chi connectivity index (χ2n) is 3.67. The van der Waals surface area contributed by atoms with Crippen LogP contribution in [0.2, 0.25) is 0 Å². The van der Waals surface area contributed by atoms with Gasteiger partial charge >= 0.3 is 0 Å². The lowest BCUT2D eigenvalue weighted by Gasteiger charge is -2.34. The zero-order valence-electron chi connectivity index (χ0n) is 8.09. The van der Waals surface area contributed by atoms with E-state index in [1.807, 2.05) is 13.8 Å². The van der Waals surface area contributed by atoms with Crippen LogP contribution in [0.15, 0.2) is 0 Å². The molecule has 68 valence electrons. The van der Waals surface area contributed by atoms with E-state index in [0.717, 1.165) is 6.42 Å². The Bertz CT molecular complexity index is 100. The maximum Gasteiger partial charge on any atom is 0.0682 e. The van der Waals surface area contributed by atoms with Crippen molar-refractivity contribution in [2.75, 3.05) is 6.54 Å². The van der Waals surface area contributed by atoms with Crippen LogP contribution in [-0.4, -0.2) is 17.3 Å². The van der Waals surface area contributed by atoms with Gasteiger partial charge in [0, 0.05) is 0 Å². The second-order valence-corrected chi connectivity index (χ2v) is 3.67. The van der Waals surface area contributed by atoms with Crippen LogP contribution in [0.4, 0.5) is 0 Å². The summed E-state index contributed by atoms with van der Waals surface area (Å²) in [7, 11) is 0. The summed E-state index contributed by atoms with van der Waals surface area (Å²) < 4.78 is 0. The Hall–Kier alpha value is -0.0800. The van der Waals surface area contributed by atoms with Crippen molar-refractivity contribution in [3.05, 3.63) is 0 Å². The topological polar surface area (TPSA) is 46.2 Å². The van der Waals surface area contributed by atoms with E-state index in [1.165, 1.54) is 0 Å². The highest BCUT2D eigenvalue weighted by atomic mass is 16.3. The smallest absolute Gasteiger partial charge is 0.0682 e.